The number of rotatable bonds is 7. The van der Waals surface area contributed by atoms with Crippen molar-refractivity contribution in [2.75, 3.05) is 52.9 Å². The Labute approximate surface area is 137 Å². The number of hydrogen-bond donors (Lipinski definition) is 2. The van der Waals surface area contributed by atoms with E-state index in [2.05, 4.69) is 60.0 Å². The van der Waals surface area contributed by atoms with Crippen molar-refractivity contribution < 1.29 is 0 Å². The van der Waals surface area contributed by atoms with Crippen molar-refractivity contribution in [3.05, 3.63) is 0 Å². The van der Waals surface area contributed by atoms with Gasteiger partial charge in [0.05, 0.1) is 0 Å². The summed E-state index contributed by atoms with van der Waals surface area (Å²) in [5.41, 5.74) is 0.174. The Bertz CT molecular complexity index is 330. The standard InChI is InChI=1S/C17H37N5/c1-7-21(8-2)13-15-9-12-22(14-15)16(18-6)19-10-11-20-17(3,4)5/h15,20H,7-14H2,1-6H3,(H,18,19). The summed E-state index contributed by atoms with van der Waals surface area (Å²) >= 11 is 0. The van der Waals surface area contributed by atoms with Crippen molar-refractivity contribution in [3.63, 3.8) is 0 Å². The summed E-state index contributed by atoms with van der Waals surface area (Å²) in [4.78, 5) is 9.38. The molecule has 1 rings (SSSR count). The number of hydrogen-bond acceptors (Lipinski definition) is 3. The second-order valence-corrected chi connectivity index (χ2v) is 7.24. The van der Waals surface area contributed by atoms with Crippen LogP contribution in [0.15, 0.2) is 4.99 Å². The van der Waals surface area contributed by atoms with Crippen molar-refractivity contribution in [2.24, 2.45) is 10.9 Å². The highest BCUT2D eigenvalue weighted by Crippen LogP contribution is 2.17. The van der Waals surface area contributed by atoms with Gasteiger partial charge in [-0.05, 0) is 46.2 Å². The Morgan fingerprint density at radius 2 is 1.91 bits per heavy atom. The van der Waals surface area contributed by atoms with Gasteiger partial charge in [0.1, 0.15) is 0 Å². The molecule has 130 valence electrons. The minimum absolute atomic E-state index is 0.174. The van der Waals surface area contributed by atoms with Crippen LogP contribution in [-0.2, 0) is 0 Å². The van der Waals surface area contributed by atoms with Crippen LogP contribution in [0, 0.1) is 5.92 Å². The Hall–Kier alpha value is -0.810. The first-order valence-corrected chi connectivity index (χ1v) is 8.82. The summed E-state index contributed by atoms with van der Waals surface area (Å²) in [6.07, 6.45) is 1.28. The molecular formula is C17H37N5. The predicted octanol–water partition coefficient (Wildman–Crippen LogP) is 1.61. The highest BCUT2D eigenvalue weighted by atomic mass is 15.3. The molecule has 0 aromatic rings. The third-order valence-electron chi connectivity index (χ3n) is 4.27. The number of guanidine groups is 1. The van der Waals surface area contributed by atoms with Crippen LogP contribution >= 0.6 is 0 Å². The first-order valence-electron chi connectivity index (χ1n) is 8.82. The molecule has 0 saturated carbocycles. The third kappa shape index (κ3) is 6.97. The molecule has 0 bridgehead atoms. The smallest absolute Gasteiger partial charge is 0.193 e. The van der Waals surface area contributed by atoms with Gasteiger partial charge >= 0.3 is 0 Å². The normalized spacial score (nSPS) is 20.0. The lowest BCUT2D eigenvalue weighted by molar-refractivity contribution is 0.255. The maximum atomic E-state index is 4.45. The van der Waals surface area contributed by atoms with Crippen LogP contribution in [0.2, 0.25) is 0 Å². The molecule has 1 unspecified atom stereocenters. The average Bonchev–Trinajstić information content (AvgIpc) is 2.92. The summed E-state index contributed by atoms with van der Waals surface area (Å²) in [5, 5.41) is 6.98. The molecule has 0 amide bonds. The molecule has 1 aliphatic rings. The van der Waals surface area contributed by atoms with Crippen molar-refractivity contribution in [1.29, 1.82) is 0 Å². The molecule has 22 heavy (non-hydrogen) atoms. The second-order valence-electron chi connectivity index (χ2n) is 7.24. The summed E-state index contributed by atoms with van der Waals surface area (Å²) < 4.78 is 0. The van der Waals surface area contributed by atoms with Crippen LogP contribution < -0.4 is 10.6 Å². The first-order chi connectivity index (χ1) is 10.4. The van der Waals surface area contributed by atoms with E-state index in [4.69, 9.17) is 0 Å². The van der Waals surface area contributed by atoms with Crippen LogP contribution in [0.4, 0.5) is 0 Å². The van der Waals surface area contributed by atoms with Gasteiger partial charge in [-0.2, -0.15) is 0 Å². The average molecular weight is 312 g/mol. The molecule has 0 radical (unpaired) electrons. The maximum Gasteiger partial charge on any atom is 0.193 e. The molecule has 0 spiro atoms. The molecular weight excluding hydrogens is 274 g/mol. The molecule has 0 aromatic heterocycles. The zero-order valence-corrected chi connectivity index (χ0v) is 15.6. The fourth-order valence-corrected chi connectivity index (χ4v) is 2.97. The van der Waals surface area contributed by atoms with Gasteiger partial charge in [-0.25, -0.2) is 0 Å². The summed E-state index contributed by atoms with van der Waals surface area (Å²) in [5.74, 6) is 1.82. The summed E-state index contributed by atoms with van der Waals surface area (Å²) in [6, 6.07) is 0. The molecule has 5 nitrogen and oxygen atoms in total. The van der Waals surface area contributed by atoms with Crippen molar-refractivity contribution in [1.82, 2.24) is 20.4 Å². The molecule has 0 aromatic carbocycles. The number of nitrogens with one attached hydrogen (secondary N) is 2. The molecule has 5 heteroatoms. The molecule has 1 heterocycles. The van der Waals surface area contributed by atoms with E-state index in [1.165, 1.54) is 13.0 Å². The van der Waals surface area contributed by atoms with Gasteiger partial charge in [-0.3, -0.25) is 4.99 Å². The zero-order chi connectivity index (χ0) is 16.6. The first kappa shape index (κ1) is 19.2. The van der Waals surface area contributed by atoms with E-state index in [0.717, 1.165) is 51.1 Å². The van der Waals surface area contributed by atoms with E-state index in [-0.39, 0.29) is 5.54 Å². The van der Waals surface area contributed by atoms with Crippen LogP contribution in [0.25, 0.3) is 0 Å². The van der Waals surface area contributed by atoms with Crippen LogP contribution in [-0.4, -0.2) is 74.2 Å². The lowest BCUT2D eigenvalue weighted by Gasteiger charge is -2.25. The van der Waals surface area contributed by atoms with E-state index in [9.17, 15) is 0 Å². The lowest BCUT2D eigenvalue weighted by Crippen LogP contribution is -2.45. The van der Waals surface area contributed by atoms with E-state index in [1.807, 2.05) is 7.05 Å². The van der Waals surface area contributed by atoms with E-state index >= 15 is 0 Å². The fourth-order valence-electron chi connectivity index (χ4n) is 2.97. The monoisotopic (exact) mass is 311 g/mol. The molecule has 2 N–H and O–H groups in total. The van der Waals surface area contributed by atoms with Crippen LogP contribution in [0.1, 0.15) is 41.0 Å². The fraction of sp³-hybridized carbons (Fsp3) is 0.941. The van der Waals surface area contributed by atoms with Gasteiger partial charge in [0, 0.05) is 45.3 Å². The predicted molar refractivity (Wildman–Crippen MR) is 96.6 cm³/mol. The van der Waals surface area contributed by atoms with Crippen molar-refractivity contribution >= 4 is 5.96 Å². The Morgan fingerprint density at radius 3 is 2.45 bits per heavy atom. The highest BCUT2D eigenvalue weighted by Gasteiger charge is 2.25. The van der Waals surface area contributed by atoms with Gasteiger partial charge < -0.3 is 20.4 Å². The van der Waals surface area contributed by atoms with Gasteiger partial charge in [-0.1, -0.05) is 13.8 Å². The quantitative estimate of drug-likeness (QED) is 0.426. The van der Waals surface area contributed by atoms with Gasteiger partial charge in [-0.15, -0.1) is 0 Å². The molecule has 1 fully saturated rings. The Balaban J connectivity index is 2.33. The van der Waals surface area contributed by atoms with Crippen molar-refractivity contribution in [2.45, 2.75) is 46.6 Å². The van der Waals surface area contributed by atoms with Gasteiger partial charge in [0.25, 0.3) is 0 Å². The maximum absolute atomic E-state index is 4.45. The SMILES string of the molecule is CCN(CC)CC1CCN(C(=NC)NCCNC(C)(C)C)C1. The largest absolute Gasteiger partial charge is 0.355 e. The zero-order valence-electron chi connectivity index (χ0n) is 15.6. The molecule has 1 saturated heterocycles. The van der Waals surface area contributed by atoms with E-state index < -0.39 is 0 Å². The minimum atomic E-state index is 0.174. The number of aliphatic imine (C=N–C) groups is 1. The molecule has 1 aliphatic heterocycles. The van der Waals surface area contributed by atoms with Crippen LogP contribution in [0.3, 0.4) is 0 Å². The van der Waals surface area contributed by atoms with Gasteiger partial charge in [0.2, 0.25) is 0 Å². The number of likely N-dealkylation sites (tertiary alicyclic amines) is 1. The highest BCUT2D eigenvalue weighted by molar-refractivity contribution is 5.80. The topological polar surface area (TPSA) is 42.9 Å². The third-order valence-corrected chi connectivity index (χ3v) is 4.27. The van der Waals surface area contributed by atoms with E-state index in [0.29, 0.717) is 0 Å². The minimum Gasteiger partial charge on any atom is -0.355 e. The van der Waals surface area contributed by atoms with Crippen LogP contribution in [0.5, 0.6) is 0 Å². The Kier molecular flexibility index (Phi) is 8.18. The Morgan fingerprint density at radius 1 is 1.23 bits per heavy atom. The molecule has 1 atom stereocenters. The lowest BCUT2D eigenvalue weighted by atomic mass is 10.1. The second kappa shape index (κ2) is 9.36. The number of nitrogens with zero attached hydrogens (tertiary/aromatic N) is 3. The summed E-state index contributed by atoms with van der Waals surface area (Å²) in [7, 11) is 1.89. The van der Waals surface area contributed by atoms with Crippen molar-refractivity contribution in [3.8, 4) is 0 Å². The molecule has 0 aliphatic carbocycles. The van der Waals surface area contributed by atoms with E-state index in [1.54, 1.807) is 0 Å². The van der Waals surface area contributed by atoms with Gasteiger partial charge in [0.15, 0.2) is 5.96 Å². The summed E-state index contributed by atoms with van der Waals surface area (Å²) in [6.45, 7) is 18.7.